The Morgan fingerprint density at radius 3 is 2.33 bits per heavy atom. The number of hydrogen-bond donors (Lipinski definition) is 1. The van der Waals surface area contributed by atoms with E-state index in [1.165, 1.54) is 39.5 Å². The molecule has 0 saturated heterocycles. The van der Waals surface area contributed by atoms with Gasteiger partial charge in [0, 0.05) is 18.4 Å². The first-order valence-electron chi connectivity index (χ1n) is 9.85. The Labute approximate surface area is 187 Å². The molecule has 0 aliphatic heterocycles. The number of para-hydroxylation sites is 1. The van der Waals surface area contributed by atoms with Gasteiger partial charge in [0.05, 0.1) is 32.6 Å². The SMILES string of the molecule is COc1cc(-c2noc(CCCC(=O)Nc3ccccc3C(F)(F)F)n2)cc(OC)c1OC. The van der Waals surface area contributed by atoms with Crippen LogP contribution in [0.5, 0.6) is 17.2 Å². The molecule has 3 rings (SSSR count). The van der Waals surface area contributed by atoms with Crippen molar-refractivity contribution in [3.63, 3.8) is 0 Å². The summed E-state index contributed by atoms with van der Waals surface area (Å²) in [6, 6.07) is 8.15. The molecule has 1 amide bonds. The zero-order chi connectivity index (χ0) is 24.0. The lowest BCUT2D eigenvalue weighted by Crippen LogP contribution is -2.16. The van der Waals surface area contributed by atoms with Gasteiger partial charge in [-0.05, 0) is 30.7 Å². The molecule has 0 aliphatic rings. The van der Waals surface area contributed by atoms with Crippen molar-refractivity contribution in [2.24, 2.45) is 0 Å². The number of methoxy groups -OCH3 is 3. The van der Waals surface area contributed by atoms with E-state index in [0.717, 1.165) is 6.07 Å². The summed E-state index contributed by atoms with van der Waals surface area (Å²) in [7, 11) is 4.46. The van der Waals surface area contributed by atoms with E-state index >= 15 is 0 Å². The van der Waals surface area contributed by atoms with Crippen molar-refractivity contribution in [2.45, 2.75) is 25.4 Å². The number of halogens is 3. The van der Waals surface area contributed by atoms with Gasteiger partial charge in [-0.2, -0.15) is 18.2 Å². The largest absolute Gasteiger partial charge is 0.493 e. The van der Waals surface area contributed by atoms with E-state index in [2.05, 4.69) is 15.5 Å². The van der Waals surface area contributed by atoms with Crippen LogP contribution >= 0.6 is 0 Å². The van der Waals surface area contributed by atoms with Crippen molar-refractivity contribution < 1.29 is 36.7 Å². The van der Waals surface area contributed by atoms with E-state index in [0.29, 0.717) is 29.2 Å². The van der Waals surface area contributed by atoms with Gasteiger partial charge in [0.2, 0.25) is 23.4 Å². The summed E-state index contributed by atoms with van der Waals surface area (Å²) in [5.41, 5.74) is -0.608. The first-order valence-corrected chi connectivity index (χ1v) is 9.85. The fourth-order valence-corrected chi connectivity index (χ4v) is 3.14. The number of ether oxygens (including phenoxy) is 3. The fourth-order valence-electron chi connectivity index (χ4n) is 3.14. The number of benzene rings is 2. The summed E-state index contributed by atoms with van der Waals surface area (Å²) in [5.74, 6) is 1.29. The van der Waals surface area contributed by atoms with Crippen molar-refractivity contribution >= 4 is 11.6 Å². The van der Waals surface area contributed by atoms with Crippen molar-refractivity contribution in [2.75, 3.05) is 26.6 Å². The number of anilines is 1. The van der Waals surface area contributed by atoms with Crippen molar-refractivity contribution in [1.29, 1.82) is 0 Å². The number of nitrogens with one attached hydrogen (secondary N) is 1. The Hall–Kier alpha value is -3.76. The number of rotatable bonds is 9. The van der Waals surface area contributed by atoms with E-state index < -0.39 is 17.6 Å². The third kappa shape index (κ3) is 5.73. The van der Waals surface area contributed by atoms with Gasteiger partial charge in [-0.1, -0.05) is 17.3 Å². The number of carbonyl (C=O) groups excluding carboxylic acids is 1. The third-order valence-corrected chi connectivity index (χ3v) is 4.69. The van der Waals surface area contributed by atoms with Gasteiger partial charge in [0.1, 0.15) is 0 Å². The average molecular weight is 465 g/mol. The lowest BCUT2D eigenvalue weighted by Gasteiger charge is -2.13. The van der Waals surface area contributed by atoms with E-state index in [1.807, 2.05) is 0 Å². The van der Waals surface area contributed by atoms with E-state index in [9.17, 15) is 18.0 Å². The predicted molar refractivity (Wildman–Crippen MR) is 112 cm³/mol. The second-order valence-electron chi connectivity index (χ2n) is 6.87. The lowest BCUT2D eigenvalue weighted by molar-refractivity contribution is -0.137. The first-order chi connectivity index (χ1) is 15.8. The van der Waals surface area contributed by atoms with Crippen LogP contribution in [0.2, 0.25) is 0 Å². The van der Waals surface area contributed by atoms with Crippen LogP contribution in [0.3, 0.4) is 0 Å². The minimum atomic E-state index is -4.56. The van der Waals surface area contributed by atoms with Gasteiger partial charge in [-0.15, -0.1) is 0 Å². The number of nitrogens with zero attached hydrogens (tertiary/aromatic N) is 2. The maximum Gasteiger partial charge on any atom is 0.418 e. The van der Waals surface area contributed by atoms with E-state index in [-0.39, 0.29) is 30.2 Å². The quantitative estimate of drug-likeness (QED) is 0.488. The van der Waals surface area contributed by atoms with E-state index in [4.69, 9.17) is 18.7 Å². The molecular weight excluding hydrogens is 443 g/mol. The molecule has 2 aromatic carbocycles. The molecule has 0 fully saturated rings. The lowest BCUT2D eigenvalue weighted by atomic mass is 10.1. The summed E-state index contributed by atoms with van der Waals surface area (Å²) < 4.78 is 60.3. The third-order valence-electron chi connectivity index (χ3n) is 4.69. The minimum absolute atomic E-state index is 0.0198. The molecule has 0 unspecified atom stereocenters. The highest BCUT2D eigenvalue weighted by Crippen LogP contribution is 2.40. The number of aryl methyl sites for hydroxylation is 1. The number of alkyl halides is 3. The van der Waals surface area contributed by atoms with Crippen molar-refractivity contribution in [1.82, 2.24) is 10.1 Å². The van der Waals surface area contributed by atoms with Gasteiger partial charge in [-0.25, -0.2) is 0 Å². The summed E-state index contributed by atoms with van der Waals surface area (Å²) in [6.07, 6.45) is -4.01. The van der Waals surface area contributed by atoms with Crippen LogP contribution in [0.15, 0.2) is 40.9 Å². The van der Waals surface area contributed by atoms with Gasteiger partial charge in [0.25, 0.3) is 0 Å². The molecule has 8 nitrogen and oxygen atoms in total. The van der Waals surface area contributed by atoms with Crippen LogP contribution in [0.1, 0.15) is 24.3 Å². The van der Waals surface area contributed by atoms with Crippen molar-refractivity contribution in [3.8, 4) is 28.6 Å². The van der Waals surface area contributed by atoms with Gasteiger partial charge in [0.15, 0.2) is 11.5 Å². The number of carbonyl (C=O) groups is 1. The molecule has 0 saturated carbocycles. The van der Waals surface area contributed by atoms with Crippen LogP contribution in [0, 0.1) is 0 Å². The summed E-state index contributed by atoms with van der Waals surface area (Å²) in [5, 5.41) is 6.24. The standard InChI is InChI=1S/C22H22F3N3O5/c1-30-16-11-13(12-17(31-2)20(16)32-3)21-27-19(33-28-21)10-6-9-18(29)26-15-8-5-4-7-14(15)22(23,24)25/h4-5,7-8,11-12H,6,9-10H2,1-3H3,(H,26,29). The Morgan fingerprint density at radius 2 is 1.73 bits per heavy atom. The van der Waals surface area contributed by atoms with Crippen LogP contribution in [0.4, 0.5) is 18.9 Å². The highest BCUT2D eigenvalue weighted by molar-refractivity contribution is 5.91. The summed E-state index contributed by atoms with van der Waals surface area (Å²) in [4.78, 5) is 16.4. The van der Waals surface area contributed by atoms with E-state index in [1.54, 1.807) is 12.1 Å². The van der Waals surface area contributed by atoms with Gasteiger partial charge >= 0.3 is 6.18 Å². The molecule has 3 aromatic rings. The molecule has 0 aliphatic carbocycles. The van der Waals surface area contributed by atoms with Gasteiger partial charge in [-0.3, -0.25) is 4.79 Å². The van der Waals surface area contributed by atoms with Crippen LogP contribution in [-0.4, -0.2) is 37.4 Å². The summed E-state index contributed by atoms with van der Waals surface area (Å²) in [6.45, 7) is 0. The van der Waals surface area contributed by atoms with Crippen molar-refractivity contribution in [3.05, 3.63) is 47.9 Å². The Kier molecular flexibility index (Phi) is 7.41. The molecule has 1 N–H and O–H groups in total. The van der Waals surface area contributed by atoms with Gasteiger partial charge < -0.3 is 24.1 Å². The second kappa shape index (κ2) is 10.2. The second-order valence-corrected chi connectivity index (χ2v) is 6.87. The maximum absolute atomic E-state index is 13.1. The Morgan fingerprint density at radius 1 is 1.06 bits per heavy atom. The highest BCUT2D eigenvalue weighted by Gasteiger charge is 2.33. The zero-order valence-corrected chi connectivity index (χ0v) is 18.2. The van der Waals surface area contributed by atoms with Crippen LogP contribution in [0.25, 0.3) is 11.4 Å². The van der Waals surface area contributed by atoms with Crippen LogP contribution < -0.4 is 19.5 Å². The molecule has 176 valence electrons. The first kappa shape index (κ1) is 23.9. The molecular formula is C22H22F3N3O5. The highest BCUT2D eigenvalue weighted by atomic mass is 19.4. The molecule has 1 heterocycles. The maximum atomic E-state index is 13.1. The smallest absolute Gasteiger partial charge is 0.418 e. The number of aromatic nitrogens is 2. The molecule has 0 atom stereocenters. The molecule has 0 radical (unpaired) electrons. The number of amides is 1. The fraction of sp³-hybridized carbons (Fsp3) is 0.318. The Balaban J connectivity index is 1.62. The Bertz CT molecular complexity index is 1090. The molecule has 0 bridgehead atoms. The molecule has 11 heteroatoms. The number of hydrogen-bond acceptors (Lipinski definition) is 7. The molecule has 0 spiro atoms. The van der Waals surface area contributed by atoms with Crippen LogP contribution in [-0.2, 0) is 17.4 Å². The summed E-state index contributed by atoms with van der Waals surface area (Å²) >= 11 is 0. The monoisotopic (exact) mass is 465 g/mol. The minimum Gasteiger partial charge on any atom is -0.493 e. The zero-order valence-electron chi connectivity index (χ0n) is 18.2. The normalized spacial score (nSPS) is 11.2. The predicted octanol–water partition coefficient (Wildman–Crippen LogP) is 4.74. The topological polar surface area (TPSA) is 95.7 Å². The molecule has 1 aromatic heterocycles. The molecule has 33 heavy (non-hydrogen) atoms. The average Bonchev–Trinajstić information content (AvgIpc) is 3.26.